The van der Waals surface area contributed by atoms with Gasteiger partial charge in [-0.25, -0.2) is 0 Å². The number of benzene rings is 1. The summed E-state index contributed by atoms with van der Waals surface area (Å²) in [6.45, 7) is 1.96. The summed E-state index contributed by atoms with van der Waals surface area (Å²) in [4.78, 5) is 1.41. The van der Waals surface area contributed by atoms with Crippen LogP contribution in [0.5, 0.6) is 0 Å². The maximum atomic E-state index is 8.84. The third-order valence-electron chi connectivity index (χ3n) is 2.63. The monoisotopic (exact) mass is 203 g/mol. The topological polar surface area (TPSA) is 23.8 Å². The number of aryl methyl sites for hydroxylation is 1. The second-order valence-electron chi connectivity index (χ2n) is 3.67. The summed E-state index contributed by atoms with van der Waals surface area (Å²) >= 11 is 1.93. The molecule has 0 amide bonds. The molecule has 0 saturated heterocycles. The summed E-state index contributed by atoms with van der Waals surface area (Å²) in [5.41, 5.74) is 2.59. The average Bonchev–Trinajstić information content (AvgIpc) is 2.27. The van der Waals surface area contributed by atoms with Crippen LogP contribution in [0.1, 0.15) is 30.4 Å². The second kappa shape index (κ2) is 4.06. The number of nitriles is 1. The zero-order valence-electron chi connectivity index (χ0n) is 8.29. The van der Waals surface area contributed by atoms with Crippen molar-refractivity contribution in [2.45, 2.75) is 30.6 Å². The van der Waals surface area contributed by atoms with E-state index in [0.29, 0.717) is 0 Å². The van der Waals surface area contributed by atoms with Crippen molar-refractivity contribution in [2.24, 2.45) is 0 Å². The summed E-state index contributed by atoms with van der Waals surface area (Å²) in [6.07, 6.45) is 2.44. The minimum atomic E-state index is 0.0206. The van der Waals surface area contributed by atoms with E-state index >= 15 is 0 Å². The van der Waals surface area contributed by atoms with E-state index in [1.807, 2.05) is 18.7 Å². The smallest absolute Gasteiger partial charge is 0.0700 e. The molecule has 0 radical (unpaired) electrons. The van der Waals surface area contributed by atoms with Gasteiger partial charge in [-0.05, 0) is 42.7 Å². The molecule has 1 aromatic rings. The fourth-order valence-corrected chi connectivity index (χ4v) is 2.74. The first kappa shape index (κ1) is 9.61. The van der Waals surface area contributed by atoms with Gasteiger partial charge in [0.15, 0.2) is 0 Å². The highest BCUT2D eigenvalue weighted by Crippen LogP contribution is 2.31. The summed E-state index contributed by atoms with van der Waals surface area (Å²) in [7, 11) is 0. The second-order valence-corrected chi connectivity index (χ2v) is 4.81. The van der Waals surface area contributed by atoms with E-state index in [2.05, 4.69) is 24.3 Å². The molecule has 0 bridgehead atoms. The first-order chi connectivity index (χ1) is 6.81. The van der Waals surface area contributed by atoms with Gasteiger partial charge in [0.25, 0.3) is 0 Å². The number of rotatable bonds is 1. The Labute approximate surface area is 89.1 Å². The van der Waals surface area contributed by atoms with Crippen molar-refractivity contribution in [3.8, 4) is 6.07 Å². The third-order valence-corrected chi connectivity index (χ3v) is 3.83. The Morgan fingerprint density at radius 3 is 3.14 bits per heavy atom. The molecule has 0 aromatic heterocycles. The van der Waals surface area contributed by atoms with Gasteiger partial charge >= 0.3 is 0 Å². The molecule has 0 aliphatic carbocycles. The van der Waals surface area contributed by atoms with Gasteiger partial charge in [0.05, 0.1) is 12.0 Å². The van der Waals surface area contributed by atoms with E-state index in [4.69, 9.17) is 5.26 Å². The van der Waals surface area contributed by atoms with Crippen LogP contribution in [-0.4, -0.2) is 5.75 Å². The Hall–Kier alpha value is -0.940. The van der Waals surface area contributed by atoms with Crippen LogP contribution in [-0.2, 0) is 6.42 Å². The van der Waals surface area contributed by atoms with Gasteiger partial charge in [0, 0.05) is 4.90 Å². The number of hydrogen-bond acceptors (Lipinski definition) is 2. The largest absolute Gasteiger partial charge is 0.198 e. The van der Waals surface area contributed by atoms with Crippen LogP contribution in [0.25, 0.3) is 0 Å². The highest BCUT2D eigenvalue weighted by Gasteiger charge is 2.12. The van der Waals surface area contributed by atoms with Crippen molar-refractivity contribution >= 4 is 11.8 Å². The number of thioether (sulfide) groups is 1. The van der Waals surface area contributed by atoms with Gasteiger partial charge < -0.3 is 0 Å². The molecular formula is C12H13NS. The Morgan fingerprint density at radius 1 is 1.50 bits per heavy atom. The van der Waals surface area contributed by atoms with Crippen molar-refractivity contribution in [3.63, 3.8) is 0 Å². The van der Waals surface area contributed by atoms with Crippen LogP contribution in [0.15, 0.2) is 23.1 Å². The summed E-state index contributed by atoms with van der Waals surface area (Å²) in [6, 6.07) is 8.74. The Bertz CT molecular complexity index is 378. The molecule has 2 heteroatoms. The number of fused-ring (bicyclic) bond motifs is 1. The molecule has 0 fully saturated rings. The Balaban J connectivity index is 2.34. The van der Waals surface area contributed by atoms with E-state index < -0.39 is 0 Å². The Morgan fingerprint density at radius 2 is 2.36 bits per heavy atom. The molecule has 1 aliphatic rings. The zero-order chi connectivity index (χ0) is 9.97. The van der Waals surface area contributed by atoms with E-state index in [0.717, 1.165) is 5.56 Å². The molecule has 1 aliphatic heterocycles. The first-order valence-corrected chi connectivity index (χ1v) is 5.95. The van der Waals surface area contributed by atoms with E-state index in [1.54, 1.807) is 0 Å². The van der Waals surface area contributed by atoms with Crippen molar-refractivity contribution in [2.75, 3.05) is 5.75 Å². The van der Waals surface area contributed by atoms with E-state index in [-0.39, 0.29) is 5.92 Å². The lowest BCUT2D eigenvalue weighted by molar-refractivity contribution is 0.876. The maximum Gasteiger partial charge on any atom is 0.0700 e. The normalized spacial score (nSPS) is 16.9. The van der Waals surface area contributed by atoms with Gasteiger partial charge in [-0.2, -0.15) is 5.26 Å². The lowest BCUT2D eigenvalue weighted by atomic mass is 9.98. The summed E-state index contributed by atoms with van der Waals surface area (Å²) in [5.74, 6) is 1.26. The highest BCUT2D eigenvalue weighted by atomic mass is 32.2. The van der Waals surface area contributed by atoms with Crippen LogP contribution >= 0.6 is 11.8 Å². The standard InChI is InChI=1S/C12H13NS/c1-9(8-13)10-4-5-12-11(7-10)3-2-6-14-12/h4-5,7,9H,2-3,6H2,1H3. The van der Waals surface area contributed by atoms with Gasteiger partial charge in [0.1, 0.15) is 0 Å². The van der Waals surface area contributed by atoms with Gasteiger partial charge in [-0.15, -0.1) is 11.8 Å². The number of hydrogen-bond donors (Lipinski definition) is 0. The van der Waals surface area contributed by atoms with Gasteiger partial charge in [-0.3, -0.25) is 0 Å². The first-order valence-electron chi connectivity index (χ1n) is 4.96. The van der Waals surface area contributed by atoms with Crippen LogP contribution < -0.4 is 0 Å². The van der Waals surface area contributed by atoms with E-state index in [1.165, 1.54) is 29.1 Å². The highest BCUT2D eigenvalue weighted by molar-refractivity contribution is 7.99. The lowest BCUT2D eigenvalue weighted by Gasteiger charge is -2.16. The van der Waals surface area contributed by atoms with E-state index in [9.17, 15) is 0 Å². The molecule has 1 nitrogen and oxygen atoms in total. The van der Waals surface area contributed by atoms with Gasteiger partial charge in [-0.1, -0.05) is 12.1 Å². The molecule has 72 valence electrons. The summed E-state index contributed by atoms with van der Waals surface area (Å²) in [5, 5.41) is 8.84. The minimum absolute atomic E-state index is 0.0206. The average molecular weight is 203 g/mol. The van der Waals surface area contributed by atoms with Crippen molar-refractivity contribution in [1.29, 1.82) is 5.26 Å². The predicted octanol–water partition coefficient (Wildman–Crippen LogP) is 3.35. The van der Waals surface area contributed by atoms with Crippen molar-refractivity contribution < 1.29 is 0 Å². The lowest BCUT2D eigenvalue weighted by Crippen LogP contribution is -2.00. The van der Waals surface area contributed by atoms with Crippen LogP contribution in [0.4, 0.5) is 0 Å². The molecular weight excluding hydrogens is 190 g/mol. The van der Waals surface area contributed by atoms with Crippen LogP contribution in [0, 0.1) is 11.3 Å². The molecule has 1 atom stereocenters. The molecule has 0 spiro atoms. The molecule has 2 rings (SSSR count). The minimum Gasteiger partial charge on any atom is -0.198 e. The zero-order valence-corrected chi connectivity index (χ0v) is 9.10. The van der Waals surface area contributed by atoms with Gasteiger partial charge in [0.2, 0.25) is 0 Å². The molecule has 0 N–H and O–H groups in total. The SMILES string of the molecule is CC(C#N)c1ccc2c(c1)CCCS2. The fourth-order valence-electron chi connectivity index (χ4n) is 1.72. The predicted molar refractivity (Wildman–Crippen MR) is 59.5 cm³/mol. The number of nitrogens with zero attached hydrogens (tertiary/aromatic N) is 1. The Kier molecular flexibility index (Phi) is 2.79. The summed E-state index contributed by atoms with van der Waals surface area (Å²) < 4.78 is 0. The molecule has 1 unspecified atom stereocenters. The maximum absolute atomic E-state index is 8.84. The van der Waals surface area contributed by atoms with Crippen molar-refractivity contribution in [1.82, 2.24) is 0 Å². The van der Waals surface area contributed by atoms with Crippen molar-refractivity contribution in [3.05, 3.63) is 29.3 Å². The molecule has 0 saturated carbocycles. The third kappa shape index (κ3) is 1.78. The molecule has 1 heterocycles. The molecule has 1 aromatic carbocycles. The fraction of sp³-hybridized carbons (Fsp3) is 0.417. The van der Waals surface area contributed by atoms with Crippen LogP contribution in [0.2, 0.25) is 0 Å². The van der Waals surface area contributed by atoms with Crippen LogP contribution in [0.3, 0.4) is 0 Å². The quantitative estimate of drug-likeness (QED) is 0.699. The molecule has 14 heavy (non-hydrogen) atoms.